The average molecular weight is 398 g/mol. The molecule has 7 heteroatoms. The van der Waals surface area contributed by atoms with Crippen LogP contribution in [-0.2, 0) is 16.1 Å². The van der Waals surface area contributed by atoms with Crippen LogP contribution in [0.2, 0.25) is 0 Å². The Morgan fingerprint density at radius 2 is 1.79 bits per heavy atom. The molecule has 0 radical (unpaired) electrons. The highest BCUT2D eigenvalue weighted by atomic mass is 32.1. The lowest BCUT2D eigenvalue weighted by molar-refractivity contribution is -0.124. The summed E-state index contributed by atoms with van der Waals surface area (Å²) in [7, 11) is 1.58. The number of ether oxygens (including phenoxy) is 2. The van der Waals surface area contributed by atoms with Gasteiger partial charge in [0.2, 0.25) is 0 Å². The van der Waals surface area contributed by atoms with Gasteiger partial charge in [-0.1, -0.05) is 18.2 Å². The molecule has 2 aromatic heterocycles. The molecule has 0 atom stereocenters. The summed E-state index contributed by atoms with van der Waals surface area (Å²) in [6.07, 6.45) is 0. The van der Waals surface area contributed by atoms with E-state index in [9.17, 15) is 9.59 Å². The van der Waals surface area contributed by atoms with Crippen molar-refractivity contribution in [1.29, 1.82) is 0 Å². The van der Waals surface area contributed by atoms with E-state index >= 15 is 0 Å². The lowest BCUT2D eigenvalue weighted by Gasteiger charge is -2.11. The minimum absolute atomic E-state index is 0.297. The Hall–Kier alpha value is -3.06. The number of aromatic nitrogens is 1. The molecule has 0 spiro atoms. The van der Waals surface area contributed by atoms with Crippen LogP contribution in [0.15, 0.2) is 47.8 Å². The van der Waals surface area contributed by atoms with Crippen molar-refractivity contribution in [2.24, 2.45) is 0 Å². The van der Waals surface area contributed by atoms with Gasteiger partial charge in [-0.3, -0.25) is 4.79 Å². The number of carbonyl (C=O) groups excluding carboxylic acids is 2. The van der Waals surface area contributed by atoms with Crippen molar-refractivity contribution >= 4 is 23.2 Å². The van der Waals surface area contributed by atoms with Gasteiger partial charge in [0.15, 0.2) is 6.61 Å². The summed E-state index contributed by atoms with van der Waals surface area (Å²) in [6.45, 7) is 3.92. The summed E-state index contributed by atoms with van der Waals surface area (Å²) in [5.41, 5.74) is 3.36. The topological polar surface area (TPSA) is 69.6 Å². The Bertz CT molecular complexity index is 970. The molecular formula is C21H22N2O4S. The van der Waals surface area contributed by atoms with E-state index in [2.05, 4.69) is 5.32 Å². The van der Waals surface area contributed by atoms with Crippen molar-refractivity contribution in [2.45, 2.75) is 20.4 Å². The number of nitrogens with zero attached hydrogens (tertiary/aromatic N) is 1. The van der Waals surface area contributed by atoms with E-state index in [0.29, 0.717) is 17.9 Å². The number of nitrogens with one attached hydrogen (secondary N) is 1. The number of amides is 1. The normalized spacial score (nSPS) is 10.5. The first-order chi connectivity index (χ1) is 13.5. The fourth-order valence-corrected chi connectivity index (χ4v) is 3.93. The van der Waals surface area contributed by atoms with Crippen molar-refractivity contribution in [3.05, 3.63) is 70.4 Å². The highest BCUT2D eigenvalue weighted by molar-refractivity contribution is 7.13. The van der Waals surface area contributed by atoms with Crippen LogP contribution in [-0.4, -0.2) is 30.2 Å². The monoisotopic (exact) mass is 398 g/mol. The summed E-state index contributed by atoms with van der Waals surface area (Å²) in [5.74, 6) is -0.194. The van der Waals surface area contributed by atoms with E-state index in [1.54, 1.807) is 13.2 Å². The SMILES string of the molecule is COc1ccccc1CNC(=O)COC(=O)c1ccsc1-n1c(C)ccc1C. The number of benzene rings is 1. The molecule has 28 heavy (non-hydrogen) atoms. The first-order valence-electron chi connectivity index (χ1n) is 8.79. The van der Waals surface area contributed by atoms with Gasteiger partial charge in [0, 0.05) is 23.5 Å². The van der Waals surface area contributed by atoms with Crippen molar-refractivity contribution in [2.75, 3.05) is 13.7 Å². The minimum Gasteiger partial charge on any atom is -0.496 e. The van der Waals surface area contributed by atoms with Gasteiger partial charge < -0.3 is 19.4 Å². The van der Waals surface area contributed by atoms with E-state index in [0.717, 1.165) is 22.0 Å². The zero-order valence-corrected chi connectivity index (χ0v) is 16.8. The predicted molar refractivity (Wildman–Crippen MR) is 108 cm³/mol. The van der Waals surface area contributed by atoms with E-state index in [-0.39, 0.29) is 12.5 Å². The van der Waals surface area contributed by atoms with Crippen LogP contribution in [0.3, 0.4) is 0 Å². The van der Waals surface area contributed by atoms with Crippen molar-refractivity contribution in [3.8, 4) is 10.8 Å². The molecule has 0 saturated carbocycles. The molecule has 0 aliphatic rings. The summed E-state index contributed by atoms with van der Waals surface area (Å²) in [4.78, 5) is 24.6. The first-order valence-corrected chi connectivity index (χ1v) is 9.67. The maximum atomic E-state index is 12.5. The van der Waals surface area contributed by atoms with Crippen LogP contribution in [0.5, 0.6) is 5.75 Å². The predicted octanol–water partition coefficient (Wildman–Crippen LogP) is 3.64. The van der Waals surface area contributed by atoms with Gasteiger partial charge in [0.1, 0.15) is 10.8 Å². The Kier molecular flexibility index (Phi) is 6.16. The fourth-order valence-electron chi connectivity index (χ4n) is 2.92. The molecule has 1 amide bonds. The van der Waals surface area contributed by atoms with Crippen molar-refractivity contribution in [1.82, 2.24) is 9.88 Å². The highest BCUT2D eigenvalue weighted by Crippen LogP contribution is 2.26. The number of hydrogen-bond acceptors (Lipinski definition) is 5. The Morgan fingerprint density at radius 1 is 1.07 bits per heavy atom. The molecule has 3 rings (SSSR count). The van der Waals surface area contributed by atoms with Crippen LogP contribution in [0.4, 0.5) is 0 Å². The van der Waals surface area contributed by atoms with Gasteiger partial charge >= 0.3 is 5.97 Å². The number of hydrogen-bond donors (Lipinski definition) is 1. The molecule has 0 aliphatic carbocycles. The number of carbonyl (C=O) groups is 2. The second-order valence-corrected chi connectivity index (χ2v) is 7.15. The third kappa shape index (κ3) is 4.26. The molecule has 6 nitrogen and oxygen atoms in total. The lowest BCUT2D eigenvalue weighted by Crippen LogP contribution is -2.28. The van der Waals surface area contributed by atoms with Crippen LogP contribution >= 0.6 is 11.3 Å². The van der Waals surface area contributed by atoms with Gasteiger partial charge in [-0.15, -0.1) is 11.3 Å². The number of esters is 1. The minimum atomic E-state index is -0.517. The molecule has 0 bridgehead atoms. The smallest absolute Gasteiger partial charge is 0.341 e. The van der Waals surface area contributed by atoms with E-state index < -0.39 is 5.97 Å². The number of rotatable bonds is 7. The maximum absolute atomic E-state index is 12.5. The zero-order valence-electron chi connectivity index (χ0n) is 16.0. The Labute approximate surface area is 167 Å². The Morgan fingerprint density at radius 3 is 2.50 bits per heavy atom. The summed E-state index contributed by atoms with van der Waals surface area (Å²) >= 11 is 1.46. The summed E-state index contributed by atoms with van der Waals surface area (Å²) in [6, 6.07) is 13.1. The second-order valence-electron chi connectivity index (χ2n) is 6.26. The van der Waals surface area contributed by atoms with Crippen molar-refractivity contribution in [3.63, 3.8) is 0 Å². The third-order valence-electron chi connectivity index (χ3n) is 4.34. The van der Waals surface area contributed by atoms with Crippen LogP contribution < -0.4 is 10.1 Å². The molecule has 0 saturated heterocycles. The number of methoxy groups -OCH3 is 1. The van der Waals surface area contributed by atoms with Crippen LogP contribution in [0.25, 0.3) is 5.00 Å². The van der Waals surface area contributed by atoms with E-state index in [1.165, 1.54) is 11.3 Å². The molecule has 146 valence electrons. The molecule has 0 aliphatic heterocycles. The number of para-hydroxylation sites is 1. The number of thiophene rings is 1. The highest BCUT2D eigenvalue weighted by Gasteiger charge is 2.19. The number of aryl methyl sites for hydroxylation is 2. The molecule has 0 fully saturated rings. The van der Waals surface area contributed by atoms with Crippen molar-refractivity contribution < 1.29 is 19.1 Å². The van der Waals surface area contributed by atoms with Gasteiger partial charge in [-0.05, 0) is 43.5 Å². The quantitative estimate of drug-likeness (QED) is 0.617. The molecule has 3 aromatic rings. The largest absolute Gasteiger partial charge is 0.496 e. The van der Waals surface area contributed by atoms with Gasteiger partial charge in [0.05, 0.1) is 12.7 Å². The van der Waals surface area contributed by atoms with Crippen LogP contribution in [0, 0.1) is 13.8 Å². The standard InChI is InChI=1S/C21H22N2O4S/c1-14-8-9-15(2)23(14)20-17(10-11-28-20)21(25)27-13-19(24)22-12-16-6-4-5-7-18(16)26-3/h4-11H,12-13H2,1-3H3,(H,22,24). The summed E-state index contributed by atoms with van der Waals surface area (Å²) < 4.78 is 12.5. The van der Waals surface area contributed by atoms with Gasteiger partial charge in [-0.2, -0.15) is 0 Å². The molecular weight excluding hydrogens is 376 g/mol. The molecule has 1 N–H and O–H groups in total. The lowest BCUT2D eigenvalue weighted by atomic mass is 10.2. The molecule has 2 heterocycles. The summed E-state index contributed by atoms with van der Waals surface area (Å²) in [5, 5.41) is 5.37. The van der Waals surface area contributed by atoms with E-state index in [1.807, 2.05) is 60.2 Å². The third-order valence-corrected chi connectivity index (χ3v) is 5.24. The second kappa shape index (κ2) is 8.75. The molecule has 0 unspecified atom stereocenters. The fraction of sp³-hybridized carbons (Fsp3) is 0.238. The van der Waals surface area contributed by atoms with Crippen LogP contribution in [0.1, 0.15) is 27.3 Å². The Balaban J connectivity index is 1.59. The zero-order chi connectivity index (χ0) is 20.1. The molecule has 1 aromatic carbocycles. The van der Waals surface area contributed by atoms with E-state index in [4.69, 9.17) is 9.47 Å². The first kappa shape index (κ1) is 19.7. The van der Waals surface area contributed by atoms with Gasteiger partial charge in [-0.25, -0.2) is 4.79 Å². The maximum Gasteiger partial charge on any atom is 0.341 e. The van der Waals surface area contributed by atoms with Gasteiger partial charge in [0.25, 0.3) is 5.91 Å². The average Bonchev–Trinajstić information content (AvgIpc) is 3.30.